The standard InChI is InChI=1S/C30H31ClFN5O2/c1-4-5-17-36(30(39)33-23-13-16-26(32)25(31)18-23)19-27(38)34-29-28(22-9-7-6-8-10-22)21(3)35-37(29)24-14-11-20(2)12-15-24/h6-16,18H,4-5,17,19H2,1-3H3,(H,33,39)(H,34,38). The molecular weight excluding hydrogens is 517 g/mol. The van der Waals surface area contributed by atoms with Crippen molar-refractivity contribution < 1.29 is 14.0 Å². The summed E-state index contributed by atoms with van der Waals surface area (Å²) in [6, 6.07) is 21.0. The molecule has 0 aliphatic heterocycles. The molecular formula is C30H31ClFN5O2. The van der Waals surface area contributed by atoms with Gasteiger partial charge in [0.05, 0.1) is 16.4 Å². The second-order valence-electron chi connectivity index (χ2n) is 9.30. The molecule has 4 aromatic rings. The highest BCUT2D eigenvalue weighted by molar-refractivity contribution is 6.31. The van der Waals surface area contributed by atoms with E-state index in [4.69, 9.17) is 16.7 Å². The number of rotatable bonds is 9. The van der Waals surface area contributed by atoms with Crippen LogP contribution in [0.2, 0.25) is 5.02 Å². The van der Waals surface area contributed by atoms with Crippen LogP contribution in [0.1, 0.15) is 31.0 Å². The van der Waals surface area contributed by atoms with Crippen LogP contribution in [0.25, 0.3) is 16.8 Å². The van der Waals surface area contributed by atoms with Crippen molar-refractivity contribution in [3.05, 3.63) is 94.9 Å². The summed E-state index contributed by atoms with van der Waals surface area (Å²) in [5.41, 5.74) is 4.72. The molecule has 9 heteroatoms. The molecule has 0 aliphatic carbocycles. The Morgan fingerprint density at radius 2 is 1.72 bits per heavy atom. The summed E-state index contributed by atoms with van der Waals surface area (Å²) in [5.74, 6) is -0.427. The third-order valence-corrected chi connectivity index (χ3v) is 6.52. The van der Waals surface area contributed by atoms with Gasteiger partial charge >= 0.3 is 6.03 Å². The summed E-state index contributed by atoms with van der Waals surface area (Å²) in [4.78, 5) is 28.0. The average Bonchev–Trinajstić information content (AvgIpc) is 3.24. The quantitative estimate of drug-likeness (QED) is 0.232. The summed E-state index contributed by atoms with van der Waals surface area (Å²) in [6.07, 6.45) is 1.55. The van der Waals surface area contributed by atoms with Crippen molar-refractivity contribution in [2.24, 2.45) is 0 Å². The first-order chi connectivity index (χ1) is 18.8. The van der Waals surface area contributed by atoms with Crippen LogP contribution in [-0.2, 0) is 4.79 Å². The molecule has 39 heavy (non-hydrogen) atoms. The summed E-state index contributed by atoms with van der Waals surface area (Å²) >= 11 is 5.86. The van der Waals surface area contributed by atoms with Crippen molar-refractivity contribution in [3.63, 3.8) is 0 Å². The summed E-state index contributed by atoms with van der Waals surface area (Å²) in [6.45, 7) is 6.09. The summed E-state index contributed by atoms with van der Waals surface area (Å²) in [7, 11) is 0. The minimum absolute atomic E-state index is 0.0983. The van der Waals surface area contributed by atoms with Crippen molar-refractivity contribution in [1.82, 2.24) is 14.7 Å². The first-order valence-electron chi connectivity index (χ1n) is 12.8. The van der Waals surface area contributed by atoms with E-state index in [-0.39, 0.29) is 17.5 Å². The van der Waals surface area contributed by atoms with Crippen LogP contribution in [0.3, 0.4) is 0 Å². The van der Waals surface area contributed by atoms with E-state index in [1.165, 1.54) is 23.1 Å². The number of carbonyl (C=O) groups is 2. The molecule has 0 unspecified atom stereocenters. The number of hydrogen-bond acceptors (Lipinski definition) is 3. The van der Waals surface area contributed by atoms with Gasteiger partial charge in [0.15, 0.2) is 0 Å². The highest BCUT2D eigenvalue weighted by Crippen LogP contribution is 2.33. The topological polar surface area (TPSA) is 79.3 Å². The Morgan fingerprint density at radius 3 is 2.38 bits per heavy atom. The van der Waals surface area contributed by atoms with Gasteiger partial charge in [0.2, 0.25) is 5.91 Å². The number of urea groups is 1. The summed E-state index contributed by atoms with van der Waals surface area (Å²) < 4.78 is 15.3. The van der Waals surface area contributed by atoms with Gasteiger partial charge in [-0.15, -0.1) is 0 Å². The van der Waals surface area contributed by atoms with Gasteiger partial charge in [-0.05, 0) is 56.2 Å². The molecule has 4 rings (SSSR count). The molecule has 0 aliphatic rings. The maximum absolute atomic E-state index is 13.6. The lowest BCUT2D eigenvalue weighted by Crippen LogP contribution is -2.41. The predicted molar refractivity (Wildman–Crippen MR) is 154 cm³/mol. The first-order valence-corrected chi connectivity index (χ1v) is 13.2. The van der Waals surface area contributed by atoms with Crippen LogP contribution in [-0.4, -0.2) is 39.7 Å². The minimum Gasteiger partial charge on any atom is -0.315 e. The Bertz CT molecular complexity index is 1450. The molecule has 3 amide bonds. The zero-order valence-corrected chi connectivity index (χ0v) is 22.9. The number of halogens is 2. The zero-order valence-electron chi connectivity index (χ0n) is 22.2. The van der Waals surface area contributed by atoms with Crippen molar-refractivity contribution in [1.29, 1.82) is 0 Å². The van der Waals surface area contributed by atoms with Gasteiger partial charge in [-0.2, -0.15) is 5.10 Å². The Kier molecular flexibility index (Phi) is 8.99. The number of nitrogens with one attached hydrogen (secondary N) is 2. The van der Waals surface area contributed by atoms with Gasteiger partial charge in [-0.1, -0.05) is 73.0 Å². The van der Waals surface area contributed by atoms with E-state index in [0.29, 0.717) is 24.5 Å². The number of aryl methyl sites for hydroxylation is 2. The number of benzene rings is 3. The number of anilines is 2. The van der Waals surface area contributed by atoms with Gasteiger partial charge in [0.1, 0.15) is 18.2 Å². The lowest BCUT2D eigenvalue weighted by Gasteiger charge is -2.23. The third kappa shape index (κ3) is 6.83. The van der Waals surface area contributed by atoms with Gasteiger partial charge in [0, 0.05) is 17.8 Å². The summed E-state index contributed by atoms with van der Waals surface area (Å²) in [5, 5.41) is 10.4. The molecule has 0 atom stereocenters. The number of aromatic nitrogens is 2. The molecule has 1 heterocycles. The fourth-order valence-electron chi connectivity index (χ4n) is 4.19. The lowest BCUT2D eigenvalue weighted by atomic mass is 10.1. The van der Waals surface area contributed by atoms with Crippen LogP contribution in [0, 0.1) is 19.7 Å². The van der Waals surface area contributed by atoms with Crippen molar-refractivity contribution >= 4 is 35.0 Å². The molecule has 0 bridgehead atoms. The van der Waals surface area contributed by atoms with E-state index >= 15 is 0 Å². The molecule has 0 fully saturated rings. The normalized spacial score (nSPS) is 10.8. The smallest absolute Gasteiger partial charge is 0.315 e. The van der Waals surface area contributed by atoms with Crippen molar-refractivity contribution in [2.45, 2.75) is 33.6 Å². The first kappa shape index (κ1) is 27.9. The van der Waals surface area contributed by atoms with E-state index in [0.717, 1.165) is 34.5 Å². The highest BCUT2D eigenvalue weighted by atomic mass is 35.5. The Morgan fingerprint density at radius 1 is 1.00 bits per heavy atom. The molecule has 202 valence electrons. The fraction of sp³-hybridized carbons (Fsp3) is 0.233. The van der Waals surface area contributed by atoms with E-state index in [9.17, 15) is 14.0 Å². The van der Waals surface area contributed by atoms with Crippen molar-refractivity contribution in [2.75, 3.05) is 23.7 Å². The Hall–Kier alpha value is -4.17. The number of carbonyl (C=O) groups excluding carboxylic acids is 2. The second-order valence-corrected chi connectivity index (χ2v) is 9.71. The van der Waals surface area contributed by atoms with E-state index in [1.54, 1.807) is 4.68 Å². The molecule has 3 aromatic carbocycles. The number of nitrogens with zero attached hydrogens (tertiary/aromatic N) is 3. The SMILES string of the molecule is CCCCN(CC(=O)Nc1c(-c2ccccc2)c(C)nn1-c1ccc(C)cc1)C(=O)Nc1ccc(F)c(Cl)c1. The number of hydrogen-bond donors (Lipinski definition) is 2. The maximum atomic E-state index is 13.6. The molecule has 0 saturated carbocycles. The fourth-order valence-corrected chi connectivity index (χ4v) is 4.37. The molecule has 0 radical (unpaired) electrons. The highest BCUT2D eigenvalue weighted by Gasteiger charge is 2.23. The van der Waals surface area contributed by atoms with Gasteiger partial charge < -0.3 is 15.5 Å². The predicted octanol–water partition coefficient (Wildman–Crippen LogP) is 7.22. The van der Waals surface area contributed by atoms with Crippen LogP contribution in [0.5, 0.6) is 0 Å². The maximum Gasteiger partial charge on any atom is 0.322 e. The molecule has 2 N–H and O–H groups in total. The Labute approximate surface area is 232 Å². The lowest BCUT2D eigenvalue weighted by molar-refractivity contribution is -0.116. The number of unbranched alkanes of at least 4 members (excludes halogenated alkanes) is 1. The van der Waals surface area contributed by atoms with Crippen LogP contribution >= 0.6 is 11.6 Å². The third-order valence-electron chi connectivity index (χ3n) is 6.23. The van der Waals surface area contributed by atoms with E-state index in [2.05, 4.69) is 10.6 Å². The van der Waals surface area contributed by atoms with Crippen LogP contribution in [0.4, 0.5) is 20.7 Å². The van der Waals surface area contributed by atoms with Gasteiger partial charge in [0.25, 0.3) is 0 Å². The van der Waals surface area contributed by atoms with E-state index < -0.39 is 11.8 Å². The molecule has 0 saturated heterocycles. The van der Waals surface area contributed by atoms with Crippen LogP contribution < -0.4 is 10.6 Å². The van der Waals surface area contributed by atoms with E-state index in [1.807, 2.05) is 75.4 Å². The number of amides is 3. The van der Waals surface area contributed by atoms with Crippen LogP contribution in [0.15, 0.2) is 72.8 Å². The molecule has 0 spiro atoms. The average molecular weight is 548 g/mol. The minimum atomic E-state index is -0.577. The second kappa shape index (κ2) is 12.6. The van der Waals surface area contributed by atoms with Gasteiger partial charge in [-0.3, -0.25) is 4.79 Å². The van der Waals surface area contributed by atoms with Gasteiger partial charge in [-0.25, -0.2) is 13.9 Å². The largest absolute Gasteiger partial charge is 0.322 e. The monoisotopic (exact) mass is 547 g/mol. The van der Waals surface area contributed by atoms with Crippen molar-refractivity contribution in [3.8, 4) is 16.8 Å². The molecule has 1 aromatic heterocycles. The zero-order chi connectivity index (χ0) is 27.9. The molecule has 7 nitrogen and oxygen atoms in total. The Balaban J connectivity index is 1.62.